The topological polar surface area (TPSA) is 73.6 Å². The van der Waals surface area contributed by atoms with Gasteiger partial charge in [-0.3, -0.25) is 4.79 Å². The Kier molecular flexibility index (Phi) is 9.19. The number of aliphatic hydroxyl groups excluding tert-OH is 1. The van der Waals surface area contributed by atoms with E-state index in [1.165, 1.54) is 4.90 Å². The number of carbonyl (C=O) groups excluding carboxylic acids is 1. The van der Waals surface area contributed by atoms with Gasteiger partial charge in [0.1, 0.15) is 5.41 Å². The predicted molar refractivity (Wildman–Crippen MR) is 73.4 cm³/mol. The van der Waals surface area contributed by atoms with E-state index < -0.39 is 5.41 Å². The molecule has 0 saturated heterocycles. The Balaban J connectivity index is 5.04. The molecule has 0 heterocycles. The molecule has 0 aromatic carbocycles. The zero-order valence-corrected chi connectivity index (χ0v) is 12.3. The molecule has 5 nitrogen and oxygen atoms in total. The van der Waals surface area contributed by atoms with E-state index in [4.69, 9.17) is 9.84 Å². The number of hydrogen-bond donors (Lipinski definition) is 1. The number of aliphatic hydroxyl groups is 1. The molecule has 0 atom stereocenters. The van der Waals surface area contributed by atoms with Crippen molar-refractivity contribution in [3.05, 3.63) is 0 Å². The molecule has 0 rings (SSSR count). The van der Waals surface area contributed by atoms with E-state index in [-0.39, 0.29) is 19.1 Å². The molecule has 5 heteroatoms. The van der Waals surface area contributed by atoms with Crippen molar-refractivity contribution in [2.75, 3.05) is 33.4 Å². The maximum atomic E-state index is 12.6. The van der Waals surface area contributed by atoms with Crippen molar-refractivity contribution >= 4 is 5.91 Å². The molecule has 0 aliphatic rings. The van der Waals surface area contributed by atoms with Gasteiger partial charge in [-0.1, -0.05) is 26.7 Å². The van der Waals surface area contributed by atoms with E-state index in [0.717, 1.165) is 12.8 Å². The molecular formula is C14H26N2O3. The van der Waals surface area contributed by atoms with Crippen LogP contribution in [0.2, 0.25) is 0 Å². The van der Waals surface area contributed by atoms with E-state index in [2.05, 4.69) is 6.07 Å². The Morgan fingerprint density at radius 3 is 2.26 bits per heavy atom. The Hall–Kier alpha value is -1.12. The minimum atomic E-state index is -0.952. The first kappa shape index (κ1) is 17.9. The number of nitriles is 1. The van der Waals surface area contributed by atoms with E-state index in [1.54, 1.807) is 7.11 Å². The summed E-state index contributed by atoms with van der Waals surface area (Å²) < 4.78 is 4.98. The third-order valence-corrected chi connectivity index (χ3v) is 3.20. The third-order valence-electron chi connectivity index (χ3n) is 3.20. The van der Waals surface area contributed by atoms with Gasteiger partial charge in [0.05, 0.1) is 19.3 Å². The van der Waals surface area contributed by atoms with Crippen LogP contribution in [0.4, 0.5) is 0 Å². The molecule has 0 bridgehead atoms. The lowest BCUT2D eigenvalue weighted by Gasteiger charge is -2.32. The van der Waals surface area contributed by atoms with Crippen LogP contribution in [0.15, 0.2) is 0 Å². The largest absolute Gasteiger partial charge is 0.395 e. The Labute approximate surface area is 116 Å². The first-order valence-corrected chi connectivity index (χ1v) is 6.92. The zero-order chi connectivity index (χ0) is 14.7. The lowest BCUT2D eigenvalue weighted by atomic mass is 9.79. The molecule has 0 saturated carbocycles. The van der Waals surface area contributed by atoms with Crippen molar-refractivity contribution in [2.45, 2.75) is 39.5 Å². The number of ether oxygens (including phenoxy) is 1. The molecule has 0 aliphatic carbocycles. The van der Waals surface area contributed by atoms with Gasteiger partial charge in [-0.05, 0) is 12.8 Å². The summed E-state index contributed by atoms with van der Waals surface area (Å²) in [6.45, 7) is 4.91. The first-order valence-electron chi connectivity index (χ1n) is 6.92. The van der Waals surface area contributed by atoms with Gasteiger partial charge < -0.3 is 14.7 Å². The van der Waals surface area contributed by atoms with Crippen molar-refractivity contribution in [3.8, 4) is 6.07 Å². The van der Waals surface area contributed by atoms with Crippen LogP contribution < -0.4 is 0 Å². The highest BCUT2D eigenvalue weighted by molar-refractivity contribution is 5.85. The Morgan fingerprint density at radius 1 is 1.32 bits per heavy atom. The molecule has 0 aromatic rings. The van der Waals surface area contributed by atoms with Crippen molar-refractivity contribution in [1.29, 1.82) is 5.26 Å². The van der Waals surface area contributed by atoms with Crippen LogP contribution in [-0.4, -0.2) is 49.3 Å². The summed E-state index contributed by atoms with van der Waals surface area (Å²) in [7, 11) is 1.57. The van der Waals surface area contributed by atoms with Crippen molar-refractivity contribution in [1.82, 2.24) is 4.90 Å². The van der Waals surface area contributed by atoms with Gasteiger partial charge >= 0.3 is 0 Å². The van der Waals surface area contributed by atoms with Crippen LogP contribution in [0, 0.1) is 16.7 Å². The van der Waals surface area contributed by atoms with Crippen LogP contribution in [0.1, 0.15) is 39.5 Å². The number of amides is 1. The van der Waals surface area contributed by atoms with Gasteiger partial charge in [-0.15, -0.1) is 0 Å². The van der Waals surface area contributed by atoms with Gasteiger partial charge in [0.15, 0.2) is 0 Å². The highest BCUT2D eigenvalue weighted by Crippen LogP contribution is 2.31. The number of hydrogen-bond acceptors (Lipinski definition) is 4. The number of rotatable bonds is 10. The fraction of sp³-hybridized carbons (Fsp3) is 0.857. The summed E-state index contributed by atoms with van der Waals surface area (Å²) in [5.41, 5.74) is -0.952. The van der Waals surface area contributed by atoms with Gasteiger partial charge in [0.2, 0.25) is 5.91 Å². The summed E-state index contributed by atoms with van der Waals surface area (Å²) in [6.07, 6.45) is 2.70. The summed E-state index contributed by atoms with van der Waals surface area (Å²) in [5.74, 6) is -0.176. The second-order valence-corrected chi connectivity index (χ2v) is 4.70. The Morgan fingerprint density at radius 2 is 1.89 bits per heavy atom. The quantitative estimate of drug-likeness (QED) is 0.654. The highest BCUT2D eigenvalue weighted by Gasteiger charge is 2.39. The molecule has 0 unspecified atom stereocenters. The summed E-state index contributed by atoms with van der Waals surface area (Å²) in [4.78, 5) is 14.1. The van der Waals surface area contributed by atoms with Crippen LogP contribution in [0.25, 0.3) is 0 Å². The van der Waals surface area contributed by atoms with Crippen molar-refractivity contribution in [3.63, 3.8) is 0 Å². The Bertz CT molecular complexity index is 294. The molecule has 19 heavy (non-hydrogen) atoms. The number of methoxy groups -OCH3 is 1. The second kappa shape index (κ2) is 9.76. The lowest BCUT2D eigenvalue weighted by Crippen LogP contribution is -2.46. The standard InChI is InChI=1S/C14H26N2O3/c1-4-6-14(12-15,7-5-2)13(18)16(8-10-17)9-11-19-3/h17H,4-11H2,1-3H3. The van der Waals surface area contributed by atoms with Crippen LogP contribution in [-0.2, 0) is 9.53 Å². The van der Waals surface area contributed by atoms with Gasteiger partial charge in [-0.25, -0.2) is 0 Å². The van der Waals surface area contributed by atoms with E-state index >= 15 is 0 Å². The second-order valence-electron chi connectivity index (χ2n) is 4.70. The van der Waals surface area contributed by atoms with Gasteiger partial charge in [-0.2, -0.15) is 5.26 Å². The van der Waals surface area contributed by atoms with Crippen LogP contribution in [0.5, 0.6) is 0 Å². The molecule has 0 aliphatic heterocycles. The van der Waals surface area contributed by atoms with E-state index in [1.807, 2.05) is 13.8 Å². The molecule has 110 valence electrons. The molecule has 0 spiro atoms. The average Bonchev–Trinajstić information content (AvgIpc) is 2.42. The number of carbonyl (C=O) groups is 1. The fourth-order valence-electron chi connectivity index (χ4n) is 2.29. The molecule has 1 N–H and O–H groups in total. The maximum Gasteiger partial charge on any atom is 0.243 e. The molecular weight excluding hydrogens is 244 g/mol. The monoisotopic (exact) mass is 270 g/mol. The fourth-order valence-corrected chi connectivity index (χ4v) is 2.29. The van der Waals surface area contributed by atoms with E-state index in [9.17, 15) is 10.1 Å². The molecule has 0 radical (unpaired) electrons. The average molecular weight is 270 g/mol. The summed E-state index contributed by atoms with van der Waals surface area (Å²) >= 11 is 0. The summed E-state index contributed by atoms with van der Waals surface area (Å²) in [5, 5.41) is 18.5. The third kappa shape index (κ3) is 5.17. The van der Waals surface area contributed by atoms with Gasteiger partial charge in [0.25, 0.3) is 0 Å². The SMILES string of the molecule is CCCC(C#N)(CCC)C(=O)N(CCO)CCOC. The predicted octanol–water partition coefficient (Wildman–Crippen LogP) is 1.56. The molecule has 0 fully saturated rings. The van der Waals surface area contributed by atoms with Crippen molar-refractivity contribution in [2.24, 2.45) is 5.41 Å². The number of nitrogens with zero attached hydrogens (tertiary/aromatic N) is 2. The molecule has 1 amide bonds. The maximum absolute atomic E-state index is 12.6. The minimum Gasteiger partial charge on any atom is -0.395 e. The lowest BCUT2D eigenvalue weighted by molar-refractivity contribution is -0.141. The van der Waals surface area contributed by atoms with Crippen LogP contribution in [0.3, 0.4) is 0 Å². The normalized spacial score (nSPS) is 11.1. The summed E-state index contributed by atoms with van der Waals surface area (Å²) in [6, 6.07) is 2.22. The van der Waals surface area contributed by atoms with Crippen LogP contribution >= 0.6 is 0 Å². The minimum absolute atomic E-state index is 0.102. The van der Waals surface area contributed by atoms with E-state index in [0.29, 0.717) is 26.0 Å². The van der Waals surface area contributed by atoms with Crippen molar-refractivity contribution < 1.29 is 14.6 Å². The van der Waals surface area contributed by atoms with Gasteiger partial charge in [0, 0.05) is 20.2 Å². The zero-order valence-electron chi connectivity index (χ0n) is 12.3. The first-order chi connectivity index (χ1) is 9.11. The smallest absolute Gasteiger partial charge is 0.243 e. The molecule has 0 aromatic heterocycles. The highest BCUT2D eigenvalue weighted by atomic mass is 16.5.